The first kappa shape index (κ1) is 14.3. The maximum Gasteiger partial charge on any atom is 0.237 e. The molecule has 0 fully saturated rings. The number of nitrogens with zero attached hydrogens (tertiary/aromatic N) is 1. The standard InChI is InChI=1S/C14H17BrN2OS/c1-9(2)18-14-11(5-4-8-16-14)17-10(3)12-6-7-13(15)19-12/h4-10,17H,1-3H3. The van der Waals surface area contributed by atoms with E-state index in [0.29, 0.717) is 5.88 Å². The molecular formula is C14H17BrN2OS. The van der Waals surface area contributed by atoms with Gasteiger partial charge in [0.05, 0.1) is 21.6 Å². The molecule has 0 aliphatic rings. The number of rotatable bonds is 5. The van der Waals surface area contributed by atoms with E-state index in [4.69, 9.17) is 4.74 Å². The molecule has 0 aliphatic carbocycles. The summed E-state index contributed by atoms with van der Waals surface area (Å²) >= 11 is 5.21. The number of ether oxygens (including phenoxy) is 1. The van der Waals surface area contributed by atoms with E-state index in [2.05, 4.69) is 45.3 Å². The summed E-state index contributed by atoms with van der Waals surface area (Å²) in [6.07, 6.45) is 1.86. The van der Waals surface area contributed by atoms with Gasteiger partial charge in [0.15, 0.2) is 0 Å². The Labute approximate surface area is 126 Å². The topological polar surface area (TPSA) is 34.1 Å². The van der Waals surface area contributed by atoms with Gasteiger partial charge in [-0.1, -0.05) is 0 Å². The molecule has 0 saturated carbocycles. The monoisotopic (exact) mass is 340 g/mol. The van der Waals surface area contributed by atoms with E-state index in [1.165, 1.54) is 4.88 Å². The van der Waals surface area contributed by atoms with Crippen LogP contribution in [0.25, 0.3) is 0 Å². The van der Waals surface area contributed by atoms with Crippen LogP contribution in [0.3, 0.4) is 0 Å². The van der Waals surface area contributed by atoms with Gasteiger partial charge in [-0.25, -0.2) is 4.98 Å². The fraction of sp³-hybridized carbons (Fsp3) is 0.357. The average Bonchev–Trinajstić information content (AvgIpc) is 2.78. The van der Waals surface area contributed by atoms with Gasteiger partial charge in [-0.2, -0.15) is 0 Å². The number of pyridine rings is 1. The Bertz CT molecular complexity index is 542. The smallest absolute Gasteiger partial charge is 0.237 e. The first-order chi connectivity index (χ1) is 9.06. The van der Waals surface area contributed by atoms with Gasteiger partial charge in [0.2, 0.25) is 5.88 Å². The van der Waals surface area contributed by atoms with Crippen LogP contribution in [0.1, 0.15) is 31.7 Å². The molecule has 1 unspecified atom stereocenters. The lowest BCUT2D eigenvalue weighted by Crippen LogP contribution is -2.11. The molecule has 0 aliphatic heterocycles. The minimum Gasteiger partial charge on any atom is -0.473 e. The van der Waals surface area contributed by atoms with Crippen molar-refractivity contribution in [3.05, 3.63) is 39.1 Å². The minimum absolute atomic E-state index is 0.113. The van der Waals surface area contributed by atoms with Crippen LogP contribution in [-0.4, -0.2) is 11.1 Å². The molecule has 0 spiro atoms. The van der Waals surface area contributed by atoms with Gasteiger partial charge in [-0.05, 0) is 61.0 Å². The Morgan fingerprint density at radius 1 is 1.26 bits per heavy atom. The second-order valence-electron chi connectivity index (χ2n) is 4.53. The van der Waals surface area contributed by atoms with Gasteiger partial charge >= 0.3 is 0 Å². The van der Waals surface area contributed by atoms with Crippen molar-refractivity contribution in [1.29, 1.82) is 0 Å². The summed E-state index contributed by atoms with van der Waals surface area (Å²) in [7, 11) is 0. The molecule has 0 aromatic carbocycles. The zero-order chi connectivity index (χ0) is 13.8. The van der Waals surface area contributed by atoms with Gasteiger partial charge in [-0.3, -0.25) is 0 Å². The zero-order valence-electron chi connectivity index (χ0n) is 11.2. The zero-order valence-corrected chi connectivity index (χ0v) is 13.6. The molecule has 102 valence electrons. The van der Waals surface area contributed by atoms with E-state index < -0.39 is 0 Å². The van der Waals surface area contributed by atoms with E-state index in [9.17, 15) is 0 Å². The molecule has 19 heavy (non-hydrogen) atoms. The Balaban J connectivity index is 2.14. The second-order valence-corrected chi connectivity index (χ2v) is 7.03. The van der Waals surface area contributed by atoms with Crippen molar-refractivity contribution in [3.8, 4) is 5.88 Å². The van der Waals surface area contributed by atoms with E-state index in [0.717, 1.165) is 9.47 Å². The quantitative estimate of drug-likeness (QED) is 0.843. The summed E-state index contributed by atoms with van der Waals surface area (Å²) in [6.45, 7) is 6.13. The van der Waals surface area contributed by atoms with Crippen LogP contribution in [0.2, 0.25) is 0 Å². The van der Waals surface area contributed by atoms with Crippen LogP contribution in [0.4, 0.5) is 5.69 Å². The average molecular weight is 341 g/mol. The normalized spacial score (nSPS) is 12.5. The highest BCUT2D eigenvalue weighted by atomic mass is 79.9. The van der Waals surface area contributed by atoms with Crippen molar-refractivity contribution in [3.63, 3.8) is 0 Å². The predicted octanol–water partition coefficient (Wildman–Crippen LogP) is 4.87. The fourth-order valence-corrected chi connectivity index (χ4v) is 3.11. The lowest BCUT2D eigenvalue weighted by atomic mass is 10.2. The summed E-state index contributed by atoms with van der Waals surface area (Å²) in [4.78, 5) is 5.55. The summed E-state index contributed by atoms with van der Waals surface area (Å²) in [5.41, 5.74) is 0.924. The lowest BCUT2D eigenvalue weighted by molar-refractivity contribution is 0.234. The third kappa shape index (κ3) is 3.94. The first-order valence-electron chi connectivity index (χ1n) is 6.19. The summed E-state index contributed by atoms with van der Waals surface area (Å²) < 4.78 is 6.85. The van der Waals surface area contributed by atoms with Crippen molar-refractivity contribution >= 4 is 33.0 Å². The van der Waals surface area contributed by atoms with Crippen LogP contribution >= 0.6 is 27.3 Å². The van der Waals surface area contributed by atoms with Gasteiger partial charge in [0.25, 0.3) is 0 Å². The largest absolute Gasteiger partial charge is 0.473 e. The number of anilines is 1. The SMILES string of the molecule is CC(C)Oc1ncccc1NC(C)c1ccc(Br)s1. The molecule has 0 saturated heterocycles. The molecule has 0 radical (unpaired) electrons. The van der Waals surface area contributed by atoms with Crippen LogP contribution in [0, 0.1) is 0 Å². The highest BCUT2D eigenvalue weighted by Gasteiger charge is 2.12. The Kier molecular flexibility index (Phi) is 4.82. The van der Waals surface area contributed by atoms with Crippen LogP contribution < -0.4 is 10.1 Å². The Hall–Kier alpha value is -1.07. The van der Waals surface area contributed by atoms with Crippen LogP contribution in [-0.2, 0) is 0 Å². The molecule has 3 nitrogen and oxygen atoms in total. The predicted molar refractivity (Wildman–Crippen MR) is 84.1 cm³/mol. The third-order valence-corrected chi connectivity index (χ3v) is 4.32. The van der Waals surface area contributed by atoms with Crippen molar-refractivity contribution in [1.82, 2.24) is 4.98 Å². The van der Waals surface area contributed by atoms with Crippen molar-refractivity contribution < 1.29 is 4.74 Å². The van der Waals surface area contributed by atoms with Gasteiger partial charge in [0, 0.05) is 11.1 Å². The van der Waals surface area contributed by atoms with Crippen molar-refractivity contribution in [2.24, 2.45) is 0 Å². The minimum atomic E-state index is 0.113. The summed E-state index contributed by atoms with van der Waals surface area (Å²) in [5, 5.41) is 3.45. The van der Waals surface area contributed by atoms with E-state index >= 15 is 0 Å². The molecule has 0 amide bonds. The highest BCUT2D eigenvalue weighted by molar-refractivity contribution is 9.11. The van der Waals surface area contributed by atoms with E-state index in [1.54, 1.807) is 17.5 Å². The van der Waals surface area contributed by atoms with Gasteiger partial charge in [0.1, 0.15) is 0 Å². The number of hydrogen-bond acceptors (Lipinski definition) is 4. The second kappa shape index (κ2) is 6.39. The van der Waals surface area contributed by atoms with E-state index in [1.807, 2.05) is 26.0 Å². The molecule has 2 heterocycles. The molecule has 1 N–H and O–H groups in total. The number of hydrogen-bond donors (Lipinski definition) is 1. The van der Waals surface area contributed by atoms with Crippen LogP contribution in [0.5, 0.6) is 5.88 Å². The summed E-state index contributed by atoms with van der Waals surface area (Å²) in [5.74, 6) is 0.653. The molecule has 2 aromatic rings. The summed E-state index contributed by atoms with van der Waals surface area (Å²) in [6, 6.07) is 8.30. The Morgan fingerprint density at radius 3 is 2.68 bits per heavy atom. The lowest BCUT2D eigenvalue weighted by Gasteiger charge is -2.17. The maximum atomic E-state index is 5.71. The first-order valence-corrected chi connectivity index (χ1v) is 7.80. The molecule has 2 aromatic heterocycles. The molecular weight excluding hydrogens is 324 g/mol. The molecule has 5 heteroatoms. The van der Waals surface area contributed by atoms with Crippen molar-refractivity contribution in [2.75, 3.05) is 5.32 Å². The molecule has 2 rings (SSSR count). The molecule has 1 atom stereocenters. The number of thiophene rings is 1. The molecule has 0 bridgehead atoms. The fourth-order valence-electron chi connectivity index (χ4n) is 1.68. The van der Waals surface area contributed by atoms with Gasteiger partial charge < -0.3 is 10.1 Å². The number of halogens is 1. The number of nitrogens with one attached hydrogen (secondary N) is 1. The highest BCUT2D eigenvalue weighted by Crippen LogP contribution is 2.31. The van der Waals surface area contributed by atoms with Crippen molar-refractivity contribution in [2.45, 2.75) is 32.9 Å². The van der Waals surface area contributed by atoms with E-state index in [-0.39, 0.29) is 12.1 Å². The number of aromatic nitrogens is 1. The maximum absolute atomic E-state index is 5.71. The Morgan fingerprint density at radius 2 is 2.05 bits per heavy atom. The van der Waals surface area contributed by atoms with Crippen LogP contribution in [0.15, 0.2) is 34.2 Å². The van der Waals surface area contributed by atoms with Gasteiger partial charge in [-0.15, -0.1) is 11.3 Å². The third-order valence-electron chi connectivity index (χ3n) is 2.51.